The summed E-state index contributed by atoms with van der Waals surface area (Å²) in [4.78, 5) is 75.2. The van der Waals surface area contributed by atoms with Crippen molar-refractivity contribution in [3.05, 3.63) is 466 Å². The number of hydrogen-bond acceptors (Lipinski definition) is 33. The molecule has 0 fully saturated rings. The van der Waals surface area contributed by atoms with E-state index in [1.165, 1.54) is 96.5 Å². The van der Waals surface area contributed by atoms with E-state index < -0.39 is 0 Å². The summed E-state index contributed by atoms with van der Waals surface area (Å²) in [5, 5.41) is 56.0. The van der Waals surface area contributed by atoms with Crippen LogP contribution in [0.5, 0.6) is 0 Å². The van der Waals surface area contributed by atoms with Crippen molar-refractivity contribution in [3.63, 3.8) is 0 Å². The summed E-state index contributed by atoms with van der Waals surface area (Å²) in [5.41, 5.74) is 5.64. The Morgan fingerprint density at radius 2 is 0.960 bits per heavy atom. The van der Waals surface area contributed by atoms with Crippen molar-refractivity contribution in [1.82, 2.24) is 176 Å². The van der Waals surface area contributed by atoms with E-state index in [4.69, 9.17) is 0 Å². The minimum atomic E-state index is 0.713. The van der Waals surface area contributed by atoms with Crippen molar-refractivity contribution in [2.45, 2.75) is 0 Å². The molecule has 0 radical (unpaired) electrons. The van der Waals surface area contributed by atoms with Crippen molar-refractivity contribution < 1.29 is 13.4 Å². The van der Waals surface area contributed by atoms with Crippen molar-refractivity contribution in [3.8, 4) is 0 Å². The van der Waals surface area contributed by atoms with Gasteiger partial charge in [-0.05, 0) is 124 Å². The first-order valence-electron chi connectivity index (χ1n) is 36.0. The van der Waals surface area contributed by atoms with Crippen LogP contribution in [0.3, 0.4) is 0 Å². The fourth-order valence-corrected chi connectivity index (χ4v) is 8.00. The molecule has 21 heterocycles. The number of pyridine rings is 3. The van der Waals surface area contributed by atoms with E-state index in [-0.39, 0.29) is 0 Å². The summed E-state index contributed by atoms with van der Waals surface area (Å²) >= 11 is 3.31. The number of aromatic amines is 7. The zero-order chi connectivity index (χ0) is 86.6. The zero-order valence-electron chi connectivity index (χ0n) is 65.9. The predicted molar refractivity (Wildman–Crippen MR) is 470 cm³/mol. The van der Waals surface area contributed by atoms with Gasteiger partial charge in [0.25, 0.3) is 0 Å². The molecule has 0 aliphatic carbocycles. The lowest BCUT2D eigenvalue weighted by atomic mass is 10.2. The van der Waals surface area contributed by atoms with E-state index in [9.17, 15) is 0 Å². The fraction of sp³-hybridized carbons (Fsp3) is 0. The highest BCUT2D eigenvalue weighted by molar-refractivity contribution is 7.07. The fourth-order valence-electron chi connectivity index (χ4n) is 7.20. The van der Waals surface area contributed by atoms with Gasteiger partial charge in [0.05, 0.1) is 73.4 Å². The van der Waals surface area contributed by atoms with Crippen LogP contribution < -0.4 is 0 Å². The molecule has 0 spiro atoms. The molecule has 0 unspecified atom stereocenters. The number of furan rings is 1. The molecule has 3 aromatic carbocycles. The van der Waals surface area contributed by atoms with Crippen LogP contribution in [-0.4, -0.2) is 176 Å². The average Bonchev–Trinajstić information content (AvgIpc) is 1.17. The molecule has 21 aromatic heterocycles. The van der Waals surface area contributed by atoms with E-state index in [0.29, 0.717) is 5.65 Å². The third-order valence-electron chi connectivity index (χ3n) is 12.2. The highest BCUT2D eigenvalue weighted by atomic mass is 32.1. The number of H-pyrrole nitrogens is 7. The molecule has 124 heavy (non-hydrogen) atoms. The zero-order valence-corrected chi connectivity index (χ0v) is 67.6. The van der Waals surface area contributed by atoms with Crippen molar-refractivity contribution >= 4 is 66.4 Å². The number of thiophene rings is 1. The maximum atomic E-state index is 4.58. The second kappa shape index (κ2) is 76.2. The first-order valence-corrected chi connectivity index (χ1v) is 37.9. The number of para-hydroxylation sites is 2. The van der Waals surface area contributed by atoms with E-state index in [1.807, 2.05) is 181 Å². The Morgan fingerprint density at radius 3 is 1.34 bits per heavy atom. The lowest BCUT2D eigenvalue weighted by Gasteiger charge is -1.91. The van der Waals surface area contributed by atoms with Crippen LogP contribution in [0, 0.1) is 0 Å². The Labute approximate surface area is 717 Å². The van der Waals surface area contributed by atoms with E-state index in [2.05, 4.69) is 232 Å². The number of thiazole rings is 1. The van der Waals surface area contributed by atoms with Crippen LogP contribution >= 0.6 is 22.7 Å². The highest BCUT2D eigenvalue weighted by Gasteiger charge is 1.92. The molecule has 40 heteroatoms. The van der Waals surface area contributed by atoms with Crippen molar-refractivity contribution in [2.24, 2.45) is 0 Å². The summed E-state index contributed by atoms with van der Waals surface area (Å²) in [7, 11) is 0. The first kappa shape index (κ1) is 96.5. The Kier molecular flexibility index (Phi) is 59.3. The first-order chi connectivity index (χ1) is 61.9. The molecule has 0 aliphatic rings. The summed E-state index contributed by atoms with van der Waals surface area (Å²) in [5.74, 6) is 0. The number of rotatable bonds is 0. The number of tetrazole rings is 1. The van der Waals surface area contributed by atoms with E-state index in [1.54, 1.807) is 196 Å². The molecule has 0 amide bonds. The maximum Gasteiger partial charge on any atom is 0.180 e. The molecule has 24 aromatic rings. The van der Waals surface area contributed by atoms with Gasteiger partial charge in [0.1, 0.15) is 56.0 Å². The average molecular weight is 1690 g/mol. The second-order valence-corrected chi connectivity index (χ2v) is 22.3. The second-order valence-electron chi connectivity index (χ2n) is 20.7. The molecular weight excluding hydrogens is 1610 g/mol. The summed E-state index contributed by atoms with van der Waals surface area (Å²) in [6, 6.07) is 58.9. The van der Waals surface area contributed by atoms with Gasteiger partial charge >= 0.3 is 0 Å². The van der Waals surface area contributed by atoms with Crippen LogP contribution in [0.15, 0.2) is 479 Å². The lowest BCUT2D eigenvalue weighted by molar-refractivity contribution is 0.420. The molecule has 24 rings (SSSR count). The number of oxazole rings is 1. The molecule has 0 bridgehead atoms. The van der Waals surface area contributed by atoms with E-state index >= 15 is 0 Å². The lowest BCUT2D eigenvalue weighted by Crippen LogP contribution is -1.76. The van der Waals surface area contributed by atoms with Crippen LogP contribution in [0.25, 0.3) is 43.7 Å². The monoisotopic (exact) mass is 1690 g/mol. The SMILES string of the molecule is c1c[nH]cn1.c1cc[nH]c1.c1ccc2[nH]ccc2c1.c1ccc2cnccc2c1.c1ccc2ncccc2c1.c1ccncc1.c1ccnnc1.c1ccoc1.c1ccsc1.c1cn[nH]c1.c1cn[nH]n1.c1cnccn1.c1cncnc1.c1cnncn1.c1cnoc1.c1cocn1.c1cscn1.c1ncc2[nH]cnc2n1.c1ncncn1.c1nn[nH]n1. The van der Waals surface area contributed by atoms with Crippen LogP contribution in [0.1, 0.15) is 0 Å². The topological polar surface area (TPSA) is 511 Å². The number of nitrogens with one attached hydrogen (secondary N) is 7. The van der Waals surface area contributed by atoms with Gasteiger partial charge in [0.15, 0.2) is 18.4 Å². The normalized spacial score (nSPS) is 8.65. The standard InChI is InChI=1S/2C9H7N.C8H7N.C5H4N4.C5H5N.3C4H4N2.C4H5N.C4H4O.C4H4S.2C3H3N3.2C3H4N2.2C3H3NO.C3H3NS.C2H3N3.CH2N4/c1-2-6-9-8(4-1)5-3-7-10-9;1-2-4-9-7-10-6-5-8(9)3-1;1-2-4-8-7(3-1)5-6-9-8;1-4-5(8-2-6-1)9-3-7-4;1-2-4-6-5-3-1;1-2-6-4-3-5-1;1-2-5-4-6-3-1;1-2-4-6-5-3-1;3*1-2-4-5-3-1;1-4-2-6-3-5-1;1-2-5-6-3-4-1;1-2-5-3-4-1;1-2-4-5-3-1;1-2-5-3-4-1;1-2-4-5-3-1;1-2-5-3-4-1;2*1-2-4-5-3-1/h2*1-7H;1-6,9H;1-3H,(H,6,7,8,9);1-5H;3*1-4H;1-5H;2*1-4H;2*1-3H;2*1-3H,(H,4,5);3*1-3H;1-2H,(H,3,4,5);1H,(H,2,3,4,5). The van der Waals surface area contributed by atoms with Crippen molar-refractivity contribution in [1.29, 1.82) is 0 Å². The molecule has 38 nitrogen and oxygen atoms in total. The molecular formula is C84H83N35O3S2. The number of fused-ring (bicyclic) bond motifs is 4. The Bertz CT molecular complexity index is 4460. The van der Waals surface area contributed by atoms with Crippen LogP contribution in [-0.2, 0) is 0 Å². The Morgan fingerprint density at radius 1 is 0.274 bits per heavy atom. The molecule has 0 aliphatic heterocycles. The third kappa shape index (κ3) is 57.9. The largest absolute Gasteiger partial charge is 0.473 e. The summed E-state index contributed by atoms with van der Waals surface area (Å²) in [6.45, 7) is 0. The number of hydrogen-bond donors (Lipinski definition) is 7. The number of imidazole rings is 2. The summed E-state index contributed by atoms with van der Waals surface area (Å²) in [6.07, 6.45) is 68.6. The minimum absolute atomic E-state index is 0.713. The van der Waals surface area contributed by atoms with Crippen LogP contribution in [0.4, 0.5) is 0 Å². The molecule has 624 valence electrons. The minimum Gasteiger partial charge on any atom is -0.473 e. The van der Waals surface area contributed by atoms with Gasteiger partial charge in [-0.15, -0.1) is 26.6 Å². The van der Waals surface area contributed by atoms with Gasteiger partial charge in [-0.2, -0.15) is 52.4 Å². The Hall–Kier alpha value is -18.1. The molecule has 0 saturated carbocycles. The quantitative estimate of drug-likeness (QED) is 0.0741. The molecule has 0 saturated heterocycles. The third-order valence-corrected chi connectivity index (χ3v) is 13.4. The highest BCUT2D eigenvalue weighted by Crippen LogP contribution is 2.11. The van der Waals surface area contributed by atoms with E-state index in [0.717, 1.165) is 11.0 Å². The smallest absolute Gasteiger partial charge is 0.180 e. The summed E-state index contributed by atoms with van der Waals surface area (Å²) < 4.78 is 13.4. The van der Waals surface area contributed by atoms with Gasteiger partial charge < -0.3 is 33.3 Å². The Balaban J connectivity index is 0.000000233. The molecule has 0 atom stereocenters. The number of benzene rings is 3. The number of aromatic nitrogens is 35. The van der Waals surface area contributed by atoms with Gasteiger partial charge in [0, 0.05) is 153 Å². The predicted octanol–water partition coefficient (Wildman–Crippen LogP) is 15.6. The van der Waals surface area contributed by atoms with Gasteiger partial charge in [0.2, 0.25) is 0 Å². The molecule has 7 N–H and O–H groups in total. The van der Waals surface area contributed by atoms with Crippen molar-refractivity contribution in [2.75, 3.05) is 0 Å². The van der Waals surface area contributed by atoms with Gasteiger partial charge in [-0.1, -0.05) is 95.3 Å². The maximum absolute atomic E-state index is 4.58. The van der Waals surface area contributed by atoms with Gasteiger partial charge in [-0.3, -0.25) is 35.0 Å². The number of nitrogens with zero attached hydrogens (tertiary/aromatic N) is 28. The van der Waals surface area contributed by atoms with Gasteiger partial charge in [-0.25, -0.2) is 54.8 Å². The van der Waals surface area contributed by atoms with Crippen LogP contribution in [0.2, 0.25) is 0 Å².